The predicted octanol–water partition coefficient (Wildman–Crippen LogP) is 1.22. The molecule has 108 valence electrons. The molecule has 0 aliphatic carbocycles. The van der Waals surface area contributed by atoms with Crippen LogP contribution in [0.25, 0.3) is 6.08 Å². The van der Waals surface area contributed by atoms with Crippen LogP contribution in [0.2, 0.25) is 0 Å². The van der Waals surface area contributed by atoms with Gasteiger partial charge in [0.05, 0.1) is 6.54 Å². The van der Waals surface area contributed by atoms with Gasteiger partial charge in [-0.1, -0.05) is 36.4 Å². The smallest absolute Gasteiger partial charge is 0.236 e. The number of carbonyl (C=O) groups excluding carboxylic acids is 1. The summed E-state index contributed by atoms with van der Waals surface area (Å²) in [5.74, 6) is -0.371. The van der Waals surface area contributed by atoms with Gasteiger partial charge in [0.2, 0.25) is 15.9 Å². The molecule has 0 radical (unpaired) electrons. The van der Waals surface area contributed by atoms with Crippen LogP contribution in [-0.4, -0.2) is 38.8 Å². The maximum absolute atomic E-state index is 12.0. The van der Waals surface area contributed by atoms with Crippen LogP contribution >= 0.6 is 0 Å². The highest BCUT2D eigenvalue weighted by Crippen LogP contribution is 2.06. The molecular weight excluding hydrogens is 276 g/mol. The first-order valence-corrected chi connectivity index (χ1v) is 7.53. The zero-order valence-electron chi connectivity index (χ0n) is 11.3. The second kappa shape index (κ2) is 7.62. The normalized spacial score (nSPS) is 11.7. The molecule has 0 spiro atoms. The number of nitrogens with zero attached hydrogens (tertiary/aromatic N) is 1. The number of amides is 1. The first kappa shape index (κ1) is 16.1. The fraction of sp³-hybridized carbons (Fsp3) is 0.214. The van der Waals surface area contributed by atoms with Crippen molar-refractivity contribution < 1.29 is 13.2 Å². The number of benzene rings is 1. The molecule has 0 atom stereocenters. The zero-order valence-corrected chi connectivity index (χ0v) is 12.1. The summed E-state index contributed by atoms with van der Waals surface area (Å²) in [6.45, 7) is 3.55. The molecule has 6 heteroatoms. The summed E-state index contributed by atoms with van der Waals surface area (Å²) < 4.78 is 24.9. The second-order valence-corrected chi connectivity index (χ2v) is 6.03. The van der Waals surface area contributed by atoms with Crippen LogP contribution in [0.3, 0.4) is 0 Å². The van der Waals surface area contributed by atoms with Crippen LogP contribution in [0.5, 0.6) is 0 Å². The van der Waals surface area contributed by atoms with E-state index in [1.807, 2.05) is 18.2 Å². The van der Waals surface area contributed by atoms with Crippen molar-refractivity contribution in [3.8, 4) is 0 Å². The molecule has 1 aromatic carbocycles. The summed E-state index contributed by atoms with van der Waals surface area (Å²) in [6.07, 6.45) is 3.02. The Hall–Kier alpha value is -1.92. The average Bonchev–Trinajstić information content (AvgIpc) is 2.44. The minimum Gasteiger partial charge on any atom is -0.351 e. The van der Waals surface area contributed by atoms with Crippen molar-refractivity contribution in [2.45, 2.75) is 0 Å². The van der Waals surface area contributed by atoms with E-state index in [9.17, 15) is 13.2 Å². The summed E-state index contributed by atoms with van der Waals surface area (Å²) in [7, 11) is -2.25. The summed E-state index contributed by atoms with van der Waals surface area (Å²) >= 11 is 0. The zero-order chi connectivity index (χ0) is 15.0. The molecule has 20 heavy (non-hydrogen) atoms. The van der Waals surface area contributed by atoms with Crippen molar-refractivity contribution in [3.05, 3.63) is 54.0 Å². The van der Waals surface area contributed by atoms with Crippen LogP contribution in [0.4, 0.5) is 0 Å². The van der Waals surface area contributed by atoms with Crippen molar-refractivity contribution in [1.29, 1.82) is 0 Å². The maximum atomic E-state index is 12.0. The lowest BCUT2D eigenvalue weighted by atomic mass is 10.2. The molecule has 1 N–H and O–H groups in total. The quantitative estimate of drug-likeness (QED) is 0.769. The van der Waals surface area contributed by atoms with E-state index in [0.29, 0.717) is 6.54 Å². The van der Waals surface area contributed by atoms with Gasteiger partial charge >= 0.3 is 0 Å². The SMILES string of the molecule is C=CCNC(=O)CN(C)S(=O)(=O)/C=C/c1ccccc1. The van der Waals surface area contributed by atoms with Gasteiger partial charge in [-0.3, -0.25) is 4.79 Å². The Balaban J connectivity index is 2.66. The summed E-state index contributed by atoms with van der Waals surface area (Å²) in [6, 6.07) is 9.07. The molecular formula is C14H18N2O3S. The van der Waals surface area contributed by atoms with Gasteiger partial charge in [-0.05, 0) is 11.6 Å². The van der Waals surface area contributed by atoms with Gasteiger partial charge < -0.3 is 5.32 Å². The van der Waals surface area contributed by atoms with Gasteiger partial charge in [-0.2, -0.15) is 4.31 Å². The number of nitrogens with one attached hydrogen (secondary N) is 1. The molecule has 0 aliphatic rings. The highest BCUT2D eigenvalue weighted by molar-refractivity contribution is 7.92. The van der Waals surface area contributed by atoms with E-state index in [-0.39, 0.29) is 12.5 Å². The van der Waals surface area contributed by atoms with Crippen molar-refractivity contribution >= 4 is 22.0 Å². The van der Waals surface area contributed by atoms with E-state index >= 15 is 0 Å². The molecule has 5 nitrogen and oxygen atoms in total. The molecule has 0 heterocycles. The second-order valence-electron chi connectivity index (χ2n) is 4.11. The predicted molar refractivity (Wildman–Crippen MR) is 80.2 cm³/mol. The summed E-state index contributed by atoms with van der Waals surface area (Å²) in [5.41, 5.74) is 0.778. The molecule has 1 rings (SSSR count). The number of sulfonamides is 1. The van der Waals surface area contributed by atoms with Gasteiger partial charge in [0.25, 0.3) is 0 Å². The number of hydrogen-bond acceptors (Lipinski definition) is 3. The monoisotopic (exact) mass is 294 g/mol. The largest absolute Gasteiger partial charge is 0.351 e. The Morgan fingerprint density at radius 3 is 2.60 bits per heavy atom. The molecule has 1 aromatic rings. The number of carbonyl (C=O) groups is 1. The highest BCUT2D eigenvalue weighted by atomic mass is 32.2. The summed E-state index contributed by atoms with van der Waals surface area (Å²) in [4.78, 5) is 11.4. The van der Waals surface area contributed by atoms with Crippen molar-refractivity contribution in [1.82, 2.24) is 9.62 Å². The lowest BCUT2D eigenvalue weighted by Gasteiger charge is -2.13. The molecule has 0 saturated heterocycles. The van der Waals surface area contributed by atoms with Gasteiger partial charge in [0, 0.05) is 19.0 Å². The Morgan fingerprint density at radius 2 is 2.00 bits per heavy atom. The molecule has 0 aliphatic heterocycles. The minimum atomic E-state index is -3.61. The van der Waals surface area contributed by atoms with E-state index < -0.39 is 10.0 Å². The third kappa shape index (κ3) is 5.38. The standard InChI is InChI=1S/C14H18N2O3S/c1-3-10-15-14(17)12-16(2)20(18,19)11-9-13-7-5-4-6-8-13/h3-9,11H,1,10,12H2,2H3,(H,15,17)/b11-9+. The van der Waals surface area contributed by atoms with Crippen LogP contribution in [0.1, 0.15) is 5.56 Å². The fourth-order valence-corrected chi connectivity index (χ4v) is 2.20. The van der Waals surface area contributed by atoms with Crippen LogP contribution in [0.15, 0.2) is 48.4 Å². The topological polar surface area (TPSA) is 66.5 Å². The van der Waals surface area contributed by atoms with E-state index in [2.05, 4.69) is 11.9 Å². The molecule has 1 amide bonds. The number of rotatable bonds is 7. The summed E-state index contributed by atoms with van der Waals surface area (Å²) in [5, 5.41) is 3.61. The fourth-order valence-electron chi connectivity index (χ4n) is 1.37. The van der Waals surface area contributed by atoms with E-state index in [4.69, 9.17) is 0 Å². The number of likely N-dealkylation sites (N-methyl/N-ethyl adjacent to an activating group) is 1. The lowest BCUT2D eigenvalue weighted by molar-refractivity contribution is -0.120. The molecule has 0 saturated carbocycles. The van der Waals surface area contributed by atoms with E-state index in [0.717, 1.165) is 15.3 Å². The van der Waals surface area contributed by atoms with E-state index in [1.54, 1.807) is 12.1 Å². The molecule has 0 aromatic heterocycles. The molecule has 0 bridgehead atoms. The Morgan fingerprint density at radius 1 is 1.35 bits per heavy atom. The van der Waals surface area contributed by atoms with Crippen LogP contribution < -0.4 is 5.32 Å². The van der Waals surface area contributed by atoms with Gasteiger partial charge in [-0.15, -0.1) is 6.58 Å². The Bertz CT molecular complexity index is 580. The Kier molecular flexibility index (Phi) is 6.14. The first-order valence-electron chi connectivity index (χ1n) is 6.03. The Labute approximate surface area is 119 Å². The molecule has 0 fully saturated rings. The number of hydrogen-bond donors (Lipinski definition) is 1. The van der Waals surface area contributed by atoms with Crippen molar-refractivity contribution in [2.24, 2.45) is 0 Å². The van der Waals surface area contributed by atoms with Crippen molar-refractivity contribution in [2.75, 3.05) is 20.1 Å². The van der Waals surface area contributed by atoms with Gasteiger partial charge in [-0.25, -0.2) is 8.42 Å². The van der Waals surface area contributed by atoms with Crippen LogP contribution in [0, 0.1) is 0 Å². The maximum Gasteiger partial charge on any atom is 0.236 e. The average molecular weight is 294 g/mol. The van der Waals surface area contributed by atoms with Crippen LogP contribution in [-0.2, 0) is 14.8 Å². The van der Waals surface area contributed by atoms with Crippen molar-refractivity contribution in [3.63, 3.8) is 0 Å². The lowest BCUT2D eigenvalue weighted by Crippen LogP contribution is -2.37. The molecule has 0 unspecified atom stereocenters. The first-order chi connectivity index (χ1) is 9.45. The minimum absolute atomic E-state index is 0.227. The third-order valence-electron chi connectivity index (χ3n) is 2.48. The third-order valence-corrected chi connectivity index (χ3v) is 3.95. The van der Waals surface area contributed by atoms with E-state index in [1.165, 1.54) is 19.2 Å². The van der Waals surface area contributed by atoms with Gasteiger partial charge in [0.15, 0.2) is 0 Å². The van der Waals surface area contributed by atoms with Gasteiger partial charge in [0.1, 0.15) is 0 Å². The highest BCUT2D eigenvalue weighted by Gasteiger charge is 2.17.